The Kier molecular flexibility index (Phi) is 6.20. The molecule has 0 saturated heterocycles. The first kappa shape index (κ1) is 20.8. The highest BCUT2D eigenvalue weighted by molar-refractivity contribution is 7.92. The third-order valence-electron chi connectivity index (χ3n) is 4.17. The van der Waals surface area contributed by atoms with Gasteiger partial charge >= 0.3 is 0 Å². The number of carbonyl (C=O) groups excluding carboxylic acids is 1. The van der Waals surface area contributed by atoms with Crippen LogP contribution in [0.4, 0.5) is 10.1 Å². The van der Waals surface area contributed by atoms with E-state index in [9.17, 15) is 17.6 Å². The van der Waals surface area contributed by atoms with Gasteiger partial charge in [-0.1, -0.05) is 41.4 Å². The third kappa shape index (κ3) is 5.34. The molecule has 29 heavy (non-hydrogen) atoms. The lowest BCUT2D eigenvalue weighted by Crippen LogP contribution is -2.23. The molecule has 8 heteroatoms. The van der Waals surface area contributed by atoms with E-state index in [0.29, 0.717) is 0 Å². The quantitative estimate of drug-likeness (QED) is 0.601. The van der Waals surface area contributed by atoms with Crippen LogP contribution in [0.1, 0.15) is 21.5 Å². The van der Waals surface area contributed by atoms with Crippen LogP contribution in [0.5, 0.6) is 0 Å². The molecule has 3 aromatic carbocycles. The molecule has 0 saturated carbocycles. The smallest absolute Gasteiger partial charge is 0.261 e. The van der Waals surface area contributed by atoms with Crippen molar-refractivity contribution in [3.63, 3.8) is 0 Å². The lowest BCUT2D eigenvalue weighted by Gasteiger charge is -2.11. The molecule has 0 heterocycles. The molecule has 5 nitrogen and oxygen atoms in total. The van der Waals surface area contributed by atoms with Gasteiger partial charge < -0.3 is 5.32 Å². The average Bonchev–Trinajstić information content (AvgIpc) is 2.69. The lowest BCUT2D eigenvalue weighted by molar-refractivity contribution is 0.0951. The second-order valence-corrected chi connectivity index (χ2v) is 8.51. The molecular weight excluding hydrogens is 415 g/mol. The molecule has 0 aliphatic heterocycles. The number of aryl methyl sites for hydroxylation is 1. The molecule has 0 aliphatic rings. The van der Waals surface area contributed by atoms with E-state index in [0.717, 1.165) is 11.1 Å². The van der Waals surface area contributed by atoms with Crippen molar-refractivity contribution in [1.82, 2.24) is 5.32 Å². The van der Waals surface area contributed by atoms with Crippen molar-refractivity contribution in [2.75, 3.05) is 4.72 Å². The van der Waals surface area contributed by atoms with Crippen LogP contribution < -0.4 is 10.0 Å². The highest BCUT2D eigenvalue weighted by atomic mass is 35.5. The van der Waals surface area contributed by atoms with Crippen LogP contribution in [-0.4, -0.2) is 14.3 Å². The predicted octanol–water partition coefficient (Wildman–Crippen LogP) is 4.52. The lowest BCUT2D eigenvalue weighted by atomic mass is 10.1. The van der Waals surface area contributed by atoms with Crippen molar-refractivity contribution in [3.05, 3.63) is 94.3 Å². The molecular formula is C21H18ClFN2O3S. The summed E-state index contributed by atoms with van der Waals surface area (Å²) in [5, 5.41) is 2.79. The fraction of sp³-hybridized carbons (Fsp3) is 0.0952. The minimum absolute atomic E-state index is 0.0927. The molecule has 2 N–H and O–H groups in total. The van der Waals surface area contributed by atoms with Crippen molar-refractivity contribution >= 4 is 33.2 Å². The fourth-order valence-corrected chi connectivity index (χ4v) is 3.91. The van der Waals surface area contributed by atoms with Gasteiger partial charge in [0.15, 0.2) is 0 Å². The molecule has 0 fully saturated rings. The zero-order chi connectivity index (χ0) is 21.0. The summed E-state index contributed by atoms with van der Waals surface area (Å²) in [4.78, 5) is 12.4. The summed E-state index contributed by atoms with van der Waals surface area (Å²) in [7, 11) is -3.80. The van der Waals surface area contributed by atoms with Gasteiger partial charge in [-0.25, -0.2) is 12.8 Å². The number of nitrogens with one attached hydrogen (secondary N) is 2. The molecule has 150 valence electrons. The highest BCUT2D eigenvalue weighted by Gasteiger charge is 2.16. The van der Waals surface area contributed by atoms with E-state index in [1.54, 1.807) is 24.3 Å². The number of amides is 1. The van der Waals surface area contributed by atoms with Crippen molar-refractivity contribution in [3.8, 4) is 0 Å². The van der Waals surface area contributed by atoms with Crippen LogP contribution in [-0.2, 0) is 16.6 Å². The standard InChI is InChI=1S/C21H18ClFN2O3S/c1-14-2-9-18(10-3-14)29(27,28)25-20-11-6-16(12-19(20)22)21(26)24-13-15-4-7-17(23)8-5-15/h2-12,25H,13H2,1H3,(H,24,26). The molecule has 3 rings (SSSR count). The Morgan fingerprint density at radius 2 is 1.66 bits per heavy atom. The second-order valence-electron chi connectivity index (χ2n) is 6.42. The number of rotatable bonds is 6. The van der Waals surface area contributed by atoms with Gasteiger partial charge in [-0.2, -0.15) is 0 Å². The van der Waals surface area contributed by atoms with Crippen LogP contribution in [0, 0.1) is 12.7 Å². The summed E-state index contributed by atoms with van der Waals surface area (Å²) in [5.74, 6) is -0.736. The first-order chi connectivity index (χ1) is 13.7. The molecule has 0 unspecified atom stereocenters. The van der Waals surface area contributed by atoms with Crippen molar-refractivity contribution in [2.24, 2.45) is 0 Å². The van der Waals surface area contributed by atoms with Gasteiger partial charge in [0.1, 0.15) is 5.82 Å². The summed E-state index contributed by atoms with van der Waals surface area (Å²) < 4.78 is 40.3. The third-order valence-corrected chi connectivity index (χ3v) is 5.87. The first-order valence-electron chi connectivity index (χ1n) is 8.66. The average molecular weight is 433 g/mol. The van der Waals surface area contributed by atoms with Gasteiger partial charge in [0.2, 0.25) is 0 Å². The minimum Gasteiger partial charge on any atom is -0.348 e. The summed E-state index contributed by atoms with van der Waals surface area (Å²) in [5.41, 5.74) is 2.13. The predicted molar refractivity (Wildman–Crippen MR) is 111 cm³/mol. The second kappa shape index (κ2) is 8.63. The topological polar surface area (TPSA) is 75.3 Å². The fourth-order valence-electron chi connectivity index (χ4n) is 2.55. The molecule has 0 bridgehead atoms. The molecule has 1 amide bonds. The number of sulfonamides is 1. The monoisotopic (exact) mass is 432 g/mol. The summed E-state index contributed by atoms with van der Waals surface area (Å²) >= 11 is 6.18. The minimum atomic E-state index is -3.80. The number of carbonyl (C=O) groups is 1. The maximum atomic E-state index is 12.9. The Bertz CT molecular complexity index is 1130. The normalized spacial score (nSPS) is 11.1. The number of hydrogen-bond acceptors (Lipinski definition) is 3. The van der Waals surface area contributed by atoms with Gasteiger partial charge in [0, 0.05) is 12.1 Å². The van der Waals surface area contributed by atoms with Gasteiger partial charge in [-0.3, -0.25) is 9.52 Å². The molecule has 0 aromatic heterocycles. The Balaban J connectivity index is 1.70. The van der Waals surface area contributed by atoms with E-state index in [1.165, 1.54) is 42.5 Å². The molecule has 0 spiro atoms. The SMILES string of the molecule is Cc1ccc(S(=O)(=O)Nc2ccc(C(=O)NCc3ccc(F)cc3)cc2Cl)cc1. The van der Waals surface area contributed by atoms with Gasteiger partial charge in [-0.15, -0.1) is 0 Å². The van der Waals surface area contributed by atoms with Crippen LogP contribution in [0.25, 0.3) is 0 Å². The number of benzene rings is 3. The molecule has 0 radical (unpaired) electrons. The molecule has 3 aromatic rings. The highest BCUT2D eigenvalue weighted by Crippen LogP contribution is 2.26. The number of hydrogen-bond donors (Lipinski definition) is 2. The Morgan fingerprint density at radius 1 is 1.00 bits per heavy atom. The van der Waals surface area contributed by atoms with E-state index in [-0.39, 0.29) is 39.4 Å². The largest absolute Gasteiger partial charge is 0.348 e. The van der Waals surface area contributed by atoms with Crippen LogP contribution in [0.2, 0.25) is 5.02 Å². The zero-order valence-electron chi connectivity index (χ0n) is 15.4. The van der Waals surface area contributed by atoms with E-state index in [4.69, 9.17) is 11.6 Å². The van der Waals surface area contributed by atoms with E-state index in [1.807, 2.05) is 6.92 Å². The van der Waals surface area contributed by atoms with E-state index >= 15 is 0 Å². The van der Waals surface area contributed by atoms with Crippen molar-refractivity contribution in [2.45, 2.75) is 18.4 Å². The van der Waals surface area contributed by atoms with Crippen LogP contribution in [0.15, 0.2) is 71.6 Å². The van der Waals surface area contributed by atoms with E-state index in [2.05, 4.69) is 10.0 Å². The summed E-state index contributed by atoms with van der Waals surface area (Å²) in [6.07, 6.45) is 0. The summed E-state index contributed by atoms with van der Waals surface area (Å²) in [6, 6.07) is 16.5. The number of anilines is 1. The van der Waals surface area contributed by atoms with E-state index < -0.39 is 10.0 Å². The zero-order valence-corrected chi connectivity index (χ0v) is 17.0. The first-order valence-corrected chi connectivity index (χ1v) is 10.5. The van der Waals surface area contributed by atoms with Gasteiger partial charge in [0.25, 0.3) is 15.9 Å². The maximum absolute atomic E-state index is 12.9. The van der Waals surface area contributed by atoms with Crippen molar-refractivity contribution < 1.29 is 17.6 Å². The van der Waals surface area contributed by atoms with Gasteiger partial charge in [0.05, 0.1) is 15.6 Å². The Morgan fingerprint density at radius 3 is 2.28 bits per heavy atom. The summed E-state index contributed by atoms with van der Waals surface area (Å²) in [6.45, 7) is 2.08. The molecule has 0 atom stereocenters. The van der Waals surface area contributed by atoms with Crippen molar-refractivity contribution in [1.29, 1.82) is 0 Å². The van der Waals surface area contributed by atoms with Crippen LogP contribution in [0.3, 0.4) is 0 Å². The van der Waals surface area contributed by atoms with Crippen LogP contribution >= 0.6 is 11.6 Å². The number of halogens is 2. The Labute approximate surface area is 173 Å². The van der Waals surface area contributed by atoms with Gasteiger partial charge in [-0.05, 0) is 55.0 Å². The maximum Gasteiger partial charge on any atom is 0.261 e. The molecule has 0 aliphatic carbocycles. The Hall–Kier alpha value is -2.90.